The van der Waals surface area contributed by atoms with Crippen LogP contribution in [0.3, 0.4) is 0 Å². The summed E-state index contributed by atoms with van der Waals surface area (Å²) in [7, 11) is -3.61. The molecule has 0 bridgehead atoms. The van der Waals surface area contributed by atoms with Crippen LogP contribution in [0.2, 0.25) is 0 Å². The molecule has 0 spiro atoms. The fraction of sp³-hybridized carbons (Fsp3) is 0.462. The zero-order chi connectivity index (χ0) is 15.3. The SMILES string of the molecule is Cc1ccc(S(=O)(=O)NCCC(=O)NC(C)C)c(Br)c1. The number of hydrogen-bond donors (Lipinski definition) is 2. The van der Waals surface area contributed by atoms with Crippen LogP contribution in [0, 0.1) is 6.92 Å². The molecule has 112 valence electrons. The first-order valence-electron chi connectivity index (χ1n) is 6.27. The standard InChI is InChI=1S/C13H19BrN2O3S/c1-9(2)16-13(17)6-7-15-20(18,19)12-5-4-10(3)8-11(12)14/h4-5,8-9,15H,6-7H2,1-3H3,(H,16,17). The molecule has 0 saturated carbocycles. The van der Waals surface area contributed by atoms with Gasteiger partial charge in [-0.1, -0.05) is 6.07 Å². The van der Waals surface area contributed by atoms with Gasteiger partial charge in [-0.15, -0.1) is 0 Å². The van der Waals surface area contributed by atoms with E-state index < -0.39 is 10.0 Å². The van der Waals surface area contributed by atoms with Crippen molar-refractivity contribution < 1.29 is 13.2 Å². The smallest absolute Gasteiger partial charge is 0.241 e. The molecule has 2 N–H and O–H groups in total. The number of carbonyl (C=O) groups is 1. The van der Waals surface area contributed by atoms with Gasteiger partial charge < -0.3 is 5.32 Å². The Labute approximate surface area is 128 Å². The van der Waals surface area contributed by atoms with Gasteiger partial charge in [0, 0.05) is 23.5 Å². The van der Waals surface area contributed by atoms with Crippen molar-refractivity contribution in [3.63, 3.8) is 0 Å². The van der Waals surface area contributed by atoms with Crippen molar-refractivity contribution in [1.82, 2.24) is 10.0 Å². The predicted molar refractivity (Wildman–Crippen MR) is 82.0 cm³/mol. The summed E-state index contributed by atoms with van der Waals surface area (Å²) >= 11 is 3.24. The third-order valence-electron chi connectivity index (χ3n) is 2.47. The molecule has 0 aliphatic rings. The third-order valence-corrected chi connectivity index (χ3v) is 4.91. The maximum Gasteiger partial charge on any atom is 0.241 e. The van der Waals surface area contributed by atoms with Gasteiger partial charge >= 0.3 is 0 Å². The Hall–Kier alpha value is -0.920. The summed E-state index contributed by atoms with van der Waals surface area (Å²) in [6, 6.07) is 5.05. The molecular formula is C13H19BrN2O3S. The lowest BCUT2D eigenvalue weighted by molar-refractivity contribution is -0.121. The molecule has 0 aliphatic heterocycles. The van der Waals surface area contributed by atoms with Gasteiger partial charge in [-0.05, 0) is 54.4 Å². The lowest BCUT2D eigenvalue weighted by Crippen LogP contribution is -2.34. The quantitative estimate of drug-likeness (QED) is 0.811. The summed E-state index contributed by atoms with van der Waals surface area (Å²) in [4.78, 5) is 11.6. The lowest BCUT2D eigenvalue weighted by atomic mass is 10.2. The Balaban J connectivity index is 2.64. The van der Waals surface area contributed by atoms with Crippen molar-refractivity contribution in [3.8, 4) is 0 Å². The molecule has 1 aromatic carbocycles. The minimum absolute atomic E-state index is 0.0466. The molecule has 1 amide bonds. The Kier molecular flexibility index (Phi) is 6.16. The zero-order valence-corrected chi connectivity index (χ0v) is 14.1. The van der Waals surface area contributed by atoms with Crippen LogP contribution in [-0.4, -0.2) is 26.9 Å². The van der Waals surface area contributed by atoms with Crippen molar-refractivity contribution in [1.29, 1.82) is 0 Å². The summed E-state index contributed by atoms with van der Waals surface area (Å²) in [5, 5.41) is 2.70. The van der Waals surface area contributed by atoms with E-state index in [4.69, 9.17) is 0 Å². The van der Waals surface area contributed by atoms with Crippen LogP contribution < -0.4 is 10.0 Å². The third kappa shape index (κ3) is 5.22. The molecule has 1 aromatic rings. The fourth-order valence-corrected chi connectivity index (χ4v) is 3.82. The lowest BCUT2D eigenvalue weighted by Gasteiger charge is -2.10. The van der Waals surface area contributed by atoms with Gasteiger partial charge in [0.1, 0.15) is 0 Å². The van der Waals surface area contributed by atoms with E-state index >= 15 is 0 Å². The Morgan fingerprint density at radius 3 is 2.55 bits per heavy atom. The molecule has 0 radical (unpaired) electrons. The maximum absolute atomic E-state index is 12.1. The summed E-state index contributed by atoms with van der Waals surface area (Å²) in [6.07, 6.45) is 0.112. The number of aryl methyl sites for hydroxylation is 1. The average Bonchev–Trinajstić information content (AvgIpc) is 2.26. The molecule has 0 atom stereocenters. The van der Waals surface area contributed by atoms with Crippen LogP contribution in [0.25, 0.3) is 0 Å². The first kappa shape index (κ1) is 17.1. The number of benzene rings is 1. The number of halogens is 1. The number of carbonyl (C=O) groups excluding carboxylic acids is 1. The minimum atomic E-state index is -3.61. The van der Waals surface area contributed by atoms with E-state index in [9.17, 15) is 13.2 Å². The first-order valence-corrected chi connectivity index (χ1v) is 8.55. The fourth-order valence-electron chi connectivity index (χ4n) is 1.59. The molecule has 5 nitrogen and oxygen atoms in total. The van der Waals surface area contributed by atoms with E-state index in [2.05, 4.69) is 26.0 Å². The van der Waals surface area contributed by atoms with E-state index in [1.54, 1.807) is 12.1 Å². The highest BCUT2D eigenvalue weighted by atomic mass is 79.9. The van der Waals surface area contributed by atoms with E-state index in [0.717, 1.165) is 5.56 Å². The molecule has 1 rings (SSSR count). The van der Waals surface area contributed by atoms with Crippen molar-refractivity contribution in [2.75, 3.05) is 6.54 Å². The van der Waals surface area contributed by atoms with Crippen LogP contribution in [0.1, 0.15) is 25.8 Å². The molecule has 0 aromatic heterocycles. The van der Waals surface area contributed by atoms with Gasteiger partial charge in [0.05, 0.1) is 4.90 Å². The summed E-state index contributed by atoms with van der Waals surface area (Å²) in [5.41, 5.74) is 0.965. The highest BCUT2D eigenvalue weighted by Gasteiger charge is 2.17. The largest absolute Gasteiger partial charge is 0.354 e. The molecule has 0 fully saturated rings. The van der Waals surface area contributed by atoms with Crippen molar-refractivity contribution in [2.24, 2.45) is 0 Å². The minimum Gasteiger partial charge on any atom is -0.354 e. The van der Waals surface area contributed by atoms with Crippen molar-refractivity contribution >= 4 is 31.9 Å². The monoisotopic (exact) mass is 362 g/mol. The van der Waals surface area contributed by atoms with Crippen LogP contribution in [0.15, 0.2) is 27.6 Å². The Bertz CT molecular complexity index is 585. The summed E-state index contributed by atoms with van der Waals surface area (Å²) in [6.45, 7) is 5.66. The van der Waals surface area contributed by atoms with Gasteiger partial charge in [-0.3, -0.25) is 4.79 Å². The molecule has 0 aliphatic carbocycles. The second-order valence-corrected chi connectivity index (χ2v) is 7.39. The van der Waals surface area contributed by atoms with Gasteiger partial charge in [0.2, 0.25) is 15.9 Å². The summed E-state index contributed by atoms with van der Waals surface area (Å²) in [5.74, 6) is -0.175. The van der Waals surface area contributed by atoms with E-state index in [-0.39, 0.29) is 29.8 Å². The zero-order valence-electron chi connectivity index (χ0n) is 11.7. The number of amides is 1. The van der Waals surface area contributed by atoms with Gasteiger partial charge in [-0.25, -0.2) is 13.1 Å². The van der Waals surface area contributed by atoms with Crippen molar-refractivity contribution in [3.05, 3.63) is 28.2 Å². The highest BCUT2D eigenvalue weighted by Crippen LogP contribution is 2.22. The van der Waals surface area contributed by atoms with Crippen LogP contribution in [0.5, 0.6) is 0 Å². The van der Waals surface area contributed by atoms with Gasteiger partial charge in [0.15, 0.2) is 0 Å². The van der Waals surface area contributed by atoms with Crippen LogP contribution in [0.4, 0.5) is 0 Å². The molecule has 0 heterocycles. The maximum atomic E-state index is 12.1. The van der Waals surface area contributed by atoms with Gasteiger partial charge in [0.25, 0.3) is 0 Å². The number of sulfonamides is 1. The normalized spacial score (nSPS) is 11.7. The predicted octanol–water partition coefficient (Wildman–Crippen LogP) is 1.95. The van der Waals surface area contributed by atoms with E-state index in [1.807, 2.05) is 20.8 Å². The van der Waals surface area contributed by atoms with E-state index in [1.165, 1.54) is 6.07 Å². The molecule has 20 heavy (non-hydrogen) atoms. The molecular weight excluding hydrogens is 344 g/mol. The highest BCUT2D eigenvalue weighted by molar-refractivity contribution is 9.10. The van der Waals surface area contributed by atoms with E-state index in [0.29, 0.717) is 4.47 Å². The van der Waals surface area contributed by atoms with Crippen LogP contribution >= 0.6 is 15.9 Å². The second kappa shape index (κ2) is 7.19. The van der Waals surface area contributed by atoms with Crippen molar-refractivity contribution in [2.45, 2.75) is 38.1 Å². The summed E-state index contributed by atoms with van der Waals surface area (Å²) < 4.78 is 27.1. The number of hydrogen-bond acceptors (Lipinski definition) is 3. The number of rotatable bonds is 6. The average molecular weight is 363 g/mol. The Morgan fingerprint density at radius 2 is 2.00 bits per heavy atom. The number of nitrogens with one attached hydrogen (secondary N) is 2. The Morgan fingerprint density at radius 1 is 1.35 bits per heavy atom. The van der Waals surface area contributed by atoms with Gasteiger partial charge in [-0.2, -0.15) is 0 Å². The van der Waals surface area contributed by atoms with Crippen LogP contribution in [-0.2, 0) is 14.8 Å². The first-order chi connectivity index (χ1) is 9.22. The topological polar surface area (TPSA) is 75.3 Å². The second-order valence-electron chi connectivity index (χ2n) is 4.80. The molecule has 0 saturated heterocycles. The molecule has 7 heteroatoms. The molecule has 0 unspecified atom stereocenters.